The molecule has 0 aliphatic carbocycles. The summed E-state index contributed by atoms with van der Waals surface area (Å²) in [5, 5.41) is 53.8. The first-order chi connectivity index (χ1) is 16.3. The van der Waals surface area contributed by atoms with Gasteiger partial charge < -0.3 is 49.6 Å². The van der Waals surface area contributed by atoms with Gasteiger partial charge in [-0.2, -0.15) is 0 Å². The monoisotopic (exact) mass is 514 g/mol. The van der Waals surface area contributed by atoms with E-state index in [0.29, 0.717) is 12.8 Å². The average Bonchev–Trinajstić information content (AvgIpc) is 2.70. The van der Waals surface area contributed by atoms with E-state index in [1.54, 1.807) is 27.7 Å². The van der Waals surface area contributed by atoms with Crippen LogP contribution in [0.25, 0.3) is 0 Å². The summed E-state index contributed by atoms with van der Waals surface area (Å²) in [4.78, 5) is 19.8. The van der Waals surface area contributed by atoms with Crippen molar-refractivity contribution in [3.8, 4) is 0 Å². The third-order valence-electron chi connectivity index (χ3n) is 4.10. The summed E-state index contributed by atoms with van der Waals surface area (Å²) >= 11 is 0. The summed E-state index contributed by atoms with van der Waals surface area (Å²) in [7, 11) is 0. The Balaban J connectivity index is 0. The lowest BCUT2D eigenvalue weighted by Gasteiger charge is -2.33. The summed E-state index contributed by atoms with van der Waals surface area (Å²) in [5.41, 5.74) is -0.687. The molecule has 0 aromatic rings. The minimum absolute atomic E-state index is 0.0628. The Labute approximate surface area is 207 Å². The number of aliphatic hydroxyl groups excluding tert-OH is 4. The van der Waals surface area contributed by atoms with Gasteiger partial charge in [-0.3, -0.25) is 9.59 Å². The first kappa shape index (κ1) is 35.8. The molecule has 0 aliphatic rings. The number of aliphatic carboxylic acids is 2. The predicted octanol–water partition coefficient (Wildman–Crippen LogP) is 0.278. The molecule has 12 nitrogen and oxygen atoms in total. The Kier molecular flexibility index (Phi) is 22.4. The van der Waals surface area contributed by atoms with Crippen molar-refractivity contribution in [3.63, 3.8) is 0 Å². The molecule has 0 spiro atoms. The fraction of sp³-hybridized carbons (Fsp3) is 0.913. The second-order valence-electron chi connectivity index (χ2n) is 8.95. The molecule has 0 fully saturated rings. The van der Waals surface area contributed by atoms with E-state index in [9.17, 15) is 30.0 Å². The zero-order valence-electron chi connectivity index (χ0n) is 21.4. The Hall–Kier alpha value is -1.38. The second-order valence-corrected chi connectivity index (χ2v) is 8.95. The summed E-state index contributed by atoms with van der Waals surface area (Å²) < 4.78 is 22.2. The largest absolute Gasteiger partial charge is 0.481 e. The highest BCUT2D eigenvalue weighted by atomic mass is 16.5. The Morgan fingerprint density at radius 3 is 0.971 bits per heavy atom. The predicted molar refractivity (Wildman–Crippen MR) is 126 cm³/mol. The molecule has 0 rings (SSSR count). The minimum atomic E-state index is -0.870. The molecular weight excluding hydrogens is 468 g/mol. The molecule has 4 atom stereocenters. The van der Waals surface area contributed by atoms with E-state index in [2.05, 4.69) is 0 Å². The lowest BCUT2D eigenvalue weighted by Crippen LogP contribution is -2.43. The van der Waals surface area contributed by atoms with Crippen LogP contribution >= 0.6 is 0 Å². The molecule has 12 heteroatoms. The van der Waals surface area contributed by atoms with Gasteiger partial charge in [0.25, 0.3) is 0 Å². The van der Waals surface area contributed by atoms with E-state index in [4.69, 9.17) is 29.2 Å². The molecule has 0 amide bonds. The fourth-order valence-electron chi connectivity index (χ4n) is 2.59. The number of carbonyl (C=O) groups is 2. The van der Waals surface area contributed by atoms with Gasteiger partial charge in [-0.05, 0) is 40.5 Å². The van der Waals surface area contributed by atoms with Crippen molar-refractivity contribution in [2.75, 3.05) is 52.9 Å². The van der Waals surface area contributed by atoms with Crippen LogP contribution in [-0.2, 0) is 28.5 Å². The molecule has 210 valence electrons. The molecule has 0 saturated heterocycles. The Morgan fingerprint density at radius 1 is 0.571 bits per heavy atom. The van der Waals surface area contributed by atoms with Crippen molar-refractivity contribution in [1.82, 2.24) is 0 Å². The number of rotatable bonds is 21. The topological polar surface area (TPSA) is 192 Å². The molecular formula is C23H46O12. The van der Waals surface area contributed by atoms with Gasteiger partial charge in [-0.25, -0.2) is 0 Å². The number of hydrogen-bond acceptors (Lipinski definition) is 10. The number of carboxylic acids is 2. The molecule has 0 heterocycles. The highest BCUT2D eigenvalue weighted by Gasteiger charge is 2.33. The van der Waals surface area contributed by atoms with Gasteiger partial charge in [-0.15, -0.1) is 0 Å². The molecule has 0 bridgehead atoms. The molecule has 4 unspecified atom stereocenters. The van der Waals surface area contributed by atoms with Crippen LogP contribution in [0.4, 0.5) is 0 Å². The molecule has 35 heavy (non-hydrogen) atoms. The quantitative estimate of drug-likeness (QED) is 0.115. The highest BCUT2D eigenvalue weighted by Crippen LogP contribution is 2.21. The Bertz CT molecular complexity index is 445. The molecule has 6 N–H and O–H groups in total. The van der Waals surface area contributed by atoms with E-state index in [1.807, 2.05) is 0 Å². The highest BCUT2D eigenvalue weighted by molar-refractivity contribution is 5.67. The lowest BCUT2D eigenvalue weighted by atomic mass is 9.92. The van der Waals surface area contributed by atoms with Crippen molar-refractivity contribution in [1.29, 1.82) is 0 Å². The van der Waals surface area contributed by atoms with Crippen molar-refractivity contribution in [2.24, 2.45) is 5.41 Å². The first-order valence-corrected chi connectivity index (χ1v) is 11.8. The van der Waals surface area contributed by atoms with Crippen molar-refractivity contribution >= 4 is 11.9 Å². The smallest absolute Gasteiger partial charge is 0.303 e. The van der Waals surface area contributed by atoms with Gasteiger partial charge in [0, 0.05) is 12.8 Å². The van der Waals surface area contributed by atoms with E-state index >= 15 is 0 Å². The summed E-state index contributed by atoms with van der Waals surface area (Å²) in [6.45, 7) is 7.95. The molecule has 0 aliphatic heterocycles. The average molecular weight is 515 g/mol. The van der Waals surface area contributed by atoms with Gasteiger partial charge in [0.2, 0.25) is 0 Å². The van der Waals surface area contributed by atoms with Crippen LogP contribution in [0.5, 0.6) is 0 Å². The van der Waals surface area contributed by atoms with Crippen LogP contribution < -0.4 is 0 Å². The van der Waals surface area contributed by atoms with Gasteiger partial charge in [0.1, 0.15) is 0 Å². The van der Waals surface area contributed by atoms with Gasteiger partial charge in [0.15, 0.2) is 0 Å². The van der Waals surface area contributed by atoms with Crippen LogP contribution in [-0.4, -0.2) is 120 Å². The summed E-state index contributed by atoms with van der Waals surface area (Å²) in [6.07, 6.45) is -1.40. The van der Waals surface area contributed by atoms with Gasteiger partial charge in [0.05, 0.1) is 82.7 Å². The van der Waals surface area contributed by atoms with Crippen LogP contribution in [0.15, 0.2) is 0 Å². The third kappa shape index (κ3) is 27.1. The van der Waals surface area contributed by atoms with E-state index in [0.717, 1.165) is 0 Å². The maximum atomic E-state index is 9.90. The van der Waals surface area contributed by atoms with Gasteiger partial charge in [-0.1, -0.05) is 0 Å². The van der Waals surface area contributed by atoms with Crippen LogP contribution in [0.3, 0.4) is 0 Å². The molecule has 0 aromatic heterocycles. The van der Waals surface area contributed by atoms with Crippen molar-refractivity contribution in [3.05, 3.63) is 0 Å². The number of carboxylic acid groups (broad SMARTS) is 2. The normalized spacial score (nSPS) is 16.3. The summed E-state index contributed by atoms with van der Waals surface area (Å²) in [6, 6.07) is 0. The SMILES string of the molecule is CC(O)COCC(COCC(C)O)(COCC(C)O)COCC(C)O.O=C(O)CCCCC(=O)O. The summed E-state index contributed by atoms with van der Waals surface area (Å²) in [5.74, 6) is -1.74. The third-order valence-corrected chi connectivity index (χ3v) is 4.10. The number of aliphatic hydroxyl groups is 4. The lowest BCUT2D eigenvalue weighted by molar-refractivity contribution is -0.139. The number of unbranched alkanes of at least 4 members (excludes halogenated alkanes) is 1. The molecule has 0 saturated carbocycles. The maximum absolute atomic E-state index is 9.90. The molecule has 0 radical (unpaired) electrons. The van der Waals surface area contributed by atoms with Crippen LogP contribution in [0, 0.1) is 5.41 Å². The van der Waals surface area contributed by atoms with Crippen molar-refractivity contribution in [2.45, 2.75) is 77.8 Å². The van der Waals surface area contributed by atoms with Crippen molar-refractivity contribution < 1.29 is 59.2 Å². The second kappa shape index (κ2) is 21.9. The van der Waals surface area contributed by atoms with Crippen LogP contribution in [0.1, 0.15) is 53.4 Å². The zero-order valence-corrected chi connectivity index (χ0v) is 21.4. The van der Waals surface area contributed by atoms with E-state index < -0.39 is 41.8 Å². The minimum Gasteiger partial charge on any atom is -0.481 e. The number of hydrogen-bond donors (Lipinski definition) is 6. The first-order valence-electron chi connectivity index (χ1n) is 11.8. The fourth-order valence-corrected chi connectivity index (χ4v) is 2.59. The van der Waals surface area contributed by atoms with Gasteiger partial charge >= 0.3 is 11.9 Å². The zero-order chi connectivity index (χ0) is 27.3. The standard InChI is InChI=1S/C17H36O8.C6H10O4/c1-13(18)5-22-9-17(10-23-6-14(2)19,11-24-7-15(3)20)12-25-8-16(4)21;7-5(8)3-1-2-4-6(9)10/h13-16,18-21H,5-12H2,1-4H3;1-4H2,(H,7,8)(H,9,10). The van der Waals surface area contributed by atoms with Crippen LogP contribution in [0.2, 0.25) is 0 Å². The Morgan fingerprint density at radius 2 is 0.800 bits per heavy atom. The number of ether oxygens (including phenoxy) is 4. The van der Waals surface area contributed by atoms with E-state index in [1.165, 1.54) is 0 Å². The maximum Gasteiger partial charge on any atom is 0.303 e. The molecule has 0 aromatic carbocycles. The van der Waals surface area contributed by atoms with E-state index in [-0.39, 0.29) is 65.7 Å².